The van der Waals surface area contributed by atoms with E-state index in [0.717, 1.165) is 3.93 Å². The van der Waals surface area contributed by atoms with Gasteiger partial charge in [0.1, 0.15) is 0 Å². The maximum absolute atomic E-state index is 8.58. The van der Waals surface area contributed by atoms with Crippen molar-refractivity contribution >= 4 is 11.9 Å². The van der Waals surface area contributed by atoms with E-state index in [1.165, 1.54) is 0 Å². The first-order chi connectivity index (χ1) is 2.77. The van der Waals surface area contributed by atoms with Crippen molar-refractivity contribution in [2.75, 3.05) is 0 Å². The summed E-state index contributed by atoms with van der Waals surface area (Å²) in [5, 5.41) is 8.58. The number of aliphatic hydroxyl groups excluding tert-OH is 1. The zero-order valence-corrected chi connectivity index (χ0v) is 10.9. The van der Waals surface area contributed by atoms with Gasteiger partial charge in [0.05, 0.1) is 0 Å². The second kappa shape index (κ2) is 4.53. The Morgan fingerprint density at radius 2 is 2.50 bits per heavy atom. The number of aliphatic hydroxyl groups is 1. The SMILES string of the molecule is CC(O)[CH2][197Hg][Br]. The van der Waals surface area contributed by atoms with Gasteiger partial charge < -0.3 is 0 Å². The average Bonchev–Trinajstić information content (AvgIpc) is 1.35. The van der Waals surface area contributed by atoms with E-state index in [0.29, 0.717) is 0 Å². The van der Waals surface area contributed by atoms with Crippen LogP contribution in [0.2, 0.25) is 3.93 Å². The molecule has 0 aromatic heterocycles. The van der Waals surface area contributed by atoms with Gasteiger partial charge in [0.2, 0.25) is 0 Å². The second-order valence-electron chi connectivity index (χ2n) is 1.33. The minimum absolute atomic E-state index is 0.0500. The summed E-state index contributed by atoms with van der Waals surface area (Å²) in [5.41, 5.74) is 0. The third kappa shape index (κ3) is 5.38. The van der Waals surface area contributed by atoms with Gasteiger partial charge in [0, 0.05) is 0 Å². The molecule has 6 heavy (non-hydrogen) atoms. The summed E-state index contributed by atoms with van der Waals surface area (Å²) >= 11 is 2.76. The van der Waals surface area contributed by atoms with Crippen LogP contribution in [0.1, 0.15) is 6.92 Å². The molecule has 0 heterocycles. The Morgan fingerprint density at radius 3 is 2.50 bits per heavy atom. The molecule has 1 atom stereocenters. The van der Waals surface area contributed by atoms with E-state index in [9.17, 15) is 0 Å². The minimum atomic E-state index is -0.650. The monoisotopic (exact) mass is 335 g/mol. The Labute approximate surface area is 55.8 Å². The fourth-order valence-corrected chi connectivity index (χ4v) is 7.20. The van der Waals surface area contributed by atoms with Gasteiger partial charge in [-0.15, -0.1) is 0 Å². The predicted molar refractivity (Wildman–Crippen MR) is 25.4 cm³/mol. The van der Waals surface area contributed by atoms with Crippen molar-refractivity contribution in [1.82, 2.24) is 0 Å². The molecule has 0 aromatic carbocycles. The van der Waals surface area contributed by atoms with E-state index in [1.54, 1.807) is 0 Å². The molecule has 3 heteroatoms. The van der Waals surface area contributed by atoms with Gasteiger partial charge in [-0.1, -0.05) is 0 Å². The molecule has 0 aliphatic rings. The van der Waals surface area contributed by atoms with Gasteiger partial charge >= 0.3 is 56.1 Å². The molecule has 0 spiro atoms. The van der Waals surface area contributed by atoms with Crippen LogP contribution in [0.15, 0.2) is 0 Å². The fourth-order valence-electron chi connectivity index (χ4n) is 0.158. The van der Waals surface area contributed by atoms with Crippen LogP contribution in [-0.2, 0) is 22.1 Å². The van der Waals surface area contributed by atoms with Crippen LogP contribution in [0.4, 0.5) is 0 Å². The Bertz CT molecular complexity index is 32.0. The summed E-state index contributed by atoms with van der Waals surface area (Å²) in [4.78, 5) is 0. The zero-order chi connectivity index (χ0) is 4.99. The Kier molecular flexibility index (Phi) is 5.57. The van der Waals surface area contributed by atoms with Crippen molar-refractivity contribution in [3.05, 3.63) is 0 Å². The molecular formula is C3H7BrHgO. The Hall–Kier alpha value is 1.38. The first-order valence-electron chi connectivity index (χ1n) is 2.01. The van der Waals surface area contributed by atoms with Crippen molar-refractivity contribution in [3.8, 4) is 0 Å². The number of hydrogen-bond acceptors (Lipinski definition) is 1. The van der Waals surface area contributed by atoms with Gasteiger partial charge in [0.25, 0.3) is 0 Å². The number of halogens is 1. The van der Waals surface area contributed by atoms with Crippen LogP contribution in [0, 0.1) is 0 Å². The van der Waals surface area contributed by atoms with Crippen LogP contribution in [0.3, 0.4) is 0 Å². The molecule has 1 nitrogen and oxygen atoms in total. The van der Waals surface area contributed by atoms with Crippen molar-refractivity contribution in [2.45, 2.75) is 17.0 Å². The first-order valence-corrected chi connectivity index (χ1v) is 17.8. The van der Waals surface area contributed by atoms with Crippen LogP contribution >= 0.6 is 11.9 Å². The van der Waals surface area contributed by atoms with Crippen LogP contribution in [0.5, 0.6) is 0 Å². The van der Waals surface area contributed by atoms with E-state index in [2.05, 4.69) is 11.9 Å². The summed E-state index contributed by atoms with van der Waals surface area (Å²) in [6.45, 7) is 1.83. The van der Waals surface area contributed by atoms with Gasteiger partial charge in [-0.25, -0.2) is 0 Å². The summed E-state index contributed by atoms with van der Waals surface area (Å²) in [7, 11) is 0. The maximum atomic E-state index is 8.58. The predicted octanol–water partition coefficient (Wildman–Crippen LogP) is 1.18. The van der Waals surface area contributed by atoms with Gasteiger partial charge in [0.15, 0.2) is 0 Å². The molecule has 0 aromatic rings. The molecule has 1 N–H and O–H groups in total. The van der Waals surface area contributed by atoms with E-state index in [1.807, 2.05) is 6.92 Å². The molecule has 0 aliphatic heterocycles. The van der Waals surface area contributed by atoms with Crippen molar-refractivity contribution in [3.63, 3.8) is 0 Å². The molecule has 0 amide bonds. The molecule has 0 fully saturated rings. The normalized spacial score (nSPS) is 13.2. The van der Waals surface area contributed by atoms with Crippen LogP contribution in [-0.4, -0.2) is 11.2 Å². The molecule has 0 rings (SSSR count). The van der Waals surface area contributed by atoms with E-state index < -0.39 is 22.1 Å². The Morgan fingerprint density at radius 1 is 2.00 bits per heavy atom. The number of rotatable bonds is 2. The molecule has 0 bridgehead atoms. The van der Waals surface area contributed by atoms with Crippen LogP contribution in [0.25, 0.3) is 0 Å². The summed E-state index contributed by atoms with van der Waals surface area (Å²) in [5.74, 6) is 0. The molecule has 0 aliphatic carbocycles. The van der Waals surface area contributed by atoms with Gasteiger partial charge in [-0.05, 0) is 0 Å². The molecular weight excluding hydrogens is 329 g/mol. The van der Waals surface area contributed by atoms with E-state index >= 15 is 0 Å². The third-order valence-electron chi connectivity index (χ3n) is 0.527. The fraction of sp³-hybridized carbons (Fsp3) is 1.00. The molecule has 34 valence electrons. The summed E-state index contributed by atoms with van der Waals surface area (Å²) in [6, 6.07) is 0. The van der Waals surface area contributed by atoms with Crippen molar-refractivity contribution in [1.29, 1.82) is 0 Å². The van der Waals surface area contributed by atoms with E-state index in [4.69, 9.17) is 5.11 Å². The molecule has 0 saturated carbocycles. The Balaban J connectivity index is 2.63. The third-order valence-corrected chi connectivity index (χ3v) is 8.64. The quantitative estimate of drug-likeness (QED) is 0.751. The molecule has 0 radical (unpaired) electrons. The molecule has 0 saturated heterocycles. The van der Waals surface area contributed by atoms with Gasteiger partial charge in [-0.3, -0.25) is 0 Å². The standard InChI is InChI=1S/C3H7O.BrH.Hg/c1-3(2)4;;/h3-4H,1H2,2H3;1H;/q;;+1/p-1/i;;1-4. The topological polar surface area (TPSA) is 20.2 Å². The summed E-state index contributed by atoms with van der Waals surface area (Å²) in [6.07, 6.45) is -0.0500. The van der Waals surface area contributed by atoms with Crippen LogP contribution < -0.4 is 0 Å². The average molecular weight is 336 g/mol. The zero-order valence-electron chi connectivity index (χ0n) is 3.82. The van der Waals surface area contributed by atoms with Crippen molar-refractivity contribution in [2.24, 2.45) is 0 Å². The second-order valence-corrected chi connectivity index (χ2v) is 12.0. The van der Waals surface area contributed by atoms with Crippen molar-refractivity contribution < 1.29 is 27.3 Å². The first kappa shape index (κ1) is 7.38. The summed E-state index contributed by atoms with van der Waals surface area (Å²) < 4.78 is 1.07. The molecule has 1 unspecified atom stereocenters. The van der Waals surface area contributed by atoms with E-state index in [-0.39, 0.29) is 6.10 Å². The number of hydrogen-bond donors (Lipinski definition) is 1. The van der Waals surface area contributed by atoms with Gasteiger partial charge in [-0.2, -0.15) is 0 Å².